The molecule has 0 bridgehead atoms. The van der Waals surface area contributed by atoms with Gasteiger partial charge in [0.15, 0.2) is 11.6 Å². The van der Waals surface area contributed by atoms with Crippen molar-refractivity contribution in [2.24, 2.45) is 0 Å². The quantitative estimate of drug-likeness (QED) is 0.914. The number of rotatable bonds is 3. The van der Waals surface area contributed by atoms with Crippen LogP contribution in [0.2, 0.25) is 0 Å². The Kier molecular flexibility index (Phi) is 3.94. The normalized spacial score (nSPS) is 11.8. The molecule has 0 aromatic heterocycles. The fourth-order valence-corrected chi connectivity index (χ4v) is 1.84. The van der Waals surface area contributed by atoms with E-state index in [-0.39, 0.29) is 11.3 Å². The van der Waals surface area contributed by atoms with Crippen LogP contribution in [0.3, 0.4) is 0 Å². The van der Waals surface area contributed by atoms with Crippen molar-refractivity contribution in [2.45, 2.75) is 13.0 Å². The lowest BCUT2D eigenvalue weighted by Crippen LogP contribution is -2.09. The van der Waals surface area contributed by atoms with Crippen molar-refractivity contribution in [1.82, 2.24) is 0 Å². The zero-order valence-electron chi connectivity index (χ0n) is 10.6. The van der Waals surface area contributed by atoms with E-state index in [0.717, 1.165) is 0 Å². The molecule has 5 heteroatoms. The molecule has 0 amide bonds. The lowest BCUT2D eigenvalue weighted by Gasteiger charge is -2.16. The average Bonchev–Trinajstić information content (AvgIpc) is 2.44. The maximum absolute atomic E-state index is 13.7. The number of benzene rings is 2. The molecule has 2 rings (SSSR count). The lowest BCUT2D eigenvalue weighted by molar-refractivity contribution is 0.507. The van der Waals surface area contributed by atoms with Crippen LogP contribution in [0.25, 0.3) is 0 Å². The maximum atomic E-state index is 13.7. The van der Waals surface area contributed by atoms with Gasteiger partial charge in [0.25, 0.3) is 0 Å². The van der Waals surface area contributed by atoms with E-state index in [1.807, 2.05) is 0 Å². The van der Waals surface area contributed by atoms with Gasteiger partial charge in [0.2, 0.25) is 0 Å². The molecular formula is C15H11F3N2. The summed E-state index contributed by atoms with van der Waals surface area (Å²) in [6.07, 6.45) is 0. The topological polar surface area (TPSA) is 35.8 Å². The molecule has 0 saturated carbocycles. The molecule has 1 atom stereocenters. The summed E-state index contributed by atoms with van der Waals surface area (Å²) in [6.45, 7) is 1.70. The summed E-state index contributed by atoms with van der Waals surface area (Å²) in [4.78, 5) is 0. The highest BCUT2D eigenvalue weighted by atomic mass is 19.2. The molecule has 0 fully saturated rings. The number of nitrogens with zero attached hydrogens (tertiary/aromatic N) is 1. The second-order valence-electron chi connectivity index (χ2n) is 4.32. The van der Waals surface area contributed by atoms with Crippen LogP contribution in [0, 0.1) is 28.8 Å². The van der Waals surface area contributed by atoms with Gasteiger partial charge >= 0.3 is 0 Å². The SMILES string of the molecule is CC(Nc1ccc(C#N)c(F)c1F)c1cccc(F)c1. The van der Waals surface area contributed by atoms with E-state index in [2.05, 4.69) is 5.32 Å². The van der Waals surface area contributed by atoms with Crippen molar-refractivity contribution < 1.29 is 13.2 Å². The molecule has 0 radical (unpaired) electrons. The minimum Gasteiger partial charge on any atom is -0.376 e. The van der Waals surface area contributed by atoms with Gasteiger partial charge in [0, 0.05) is 6.04 Å². The molecule has 2 aromatic carbocycles. The molecule has 0 aliphatic carbocycles. The molecular weight excluding hydrogens is 265 g/mol. The van der Waals surface area contributed by atoms with E-state index in [1.54, 1.807) is 25.1 Å². The van der Waals surface area contributed by atoms with E-state index in [4.69, 9.17) is 5.26 Å². The Labute approximate surface area is 114 Å². The van der Waals surface area contributed by atoms with Crippen LogP contribution in [0.1, 0.15) is 24.1 Å². The molecule has 102 valence electrons. The third-order valence-electron chi connectivity index (χ3n) is 2.92. The smallest absolute Gasteiger partial charge is 0.183 e. The predicted octanol–water partition coefficient (Wildman–Crippen LogP) is 4.15. The number of hydrogen-bond donors (Lipinski definition) is 1. The highest BCUT2D eigenvalue weighted by molar-refractivity contribution is 5.51. The van der Waals surface area contributed by atoms with Crippen LogP contribution in [-0.2, 0) is 0 Å². The fourth-order valence-electron chi connectivity index (χ4n) is 1.84. The highest BCUT2D eigenvalue weighted by Crippen LogP contribution is 2.25. The van der Waals surface area contributed by atoms with Gasteiger partial charge in [-0.2, -0.15) is 5.26 Å². The van der Waals surface area contributed by atoms with Crippen LogP contribution >= 0.6 is 0 Å². The zero-order valence-corrected chi connectivity index (χ0v) is 10.6. The Balaban J connectivity index is 2.27. The van der Waals surface area contributed by atoms with Crippen molar-refractivity contribution in [1.29, 1.82) is 5.26 Å². The van der Waals surface area contributed by atoms with Crippen LogP contribution in [-0.4, -0.2) is 0 Å². The van der Waals surface area contributed by atoms with Gasteiger partial charge < -0.3 is 5.32 Å². The van der Waals surface area contributed by atoms with Crippen molar-refractivity contribution in [2.75, 3.05) is 5.32 Å². The number of nitriles is 1. The van der Waals surface area contributed by atoms with E-state index in [0.29, 0.717) is 5.56 Å². The predicted molar refractivity (Wildman–Crippen MR) is 69.5 cm³/mol. The molecule has 0 spiro atoms. The molecule has 2 aromatic rings. The maximum Gasteiger partial charge on any atom is 0.183 e. The summed E-state index contributed by atoms with van der Waals surface area (Å²) in [7, 11) is 0. The molecule has 0 heterocycles. The first-order valence-corrected chi connectivity index (χ1v) is 5.93. The Hall–Kier alpha value is -2.48. The number of anilines is 1. The van der Waals surface area contributed by atoms with Crippen LogP contribution in [0.4, 0.5) is 18.9 Å². The van der Waals surface area contributed by atoms with Gasteiger partial charge in [0.05, 0.1) is 11.3 Å². The zero-order chi connectivity index (χ0) is 14.7. The Morgan fingerprint density at radius 1 is 1.10 bits per heavy atom. The molecule has 2 nitrogen and oxygen atoms in total. The summed E-state index contributed by atoms with van der Waals surface area (Å²) >= 11 is 0. The van der Waals surface area contributed by atoms with E-state index in [9.17, 15) is 13.2 Å². The second-order valence-corrected chi connectivity index (χ2v) is 4.32. The van der Waals surface area contributed by atoms with Gasteiger partial charge in [-0.05, 0) is 36.8 Å². The minimum absolute atomic E-state index is 0.0711. The standard InChI is InChI=1S/C15H11F3N2/c1-9(10-3-2-4-12(16)7-10)20-13-6-5-11(8-19)14(17)15(13)18/h2-7,9,20H,1H3. The largest absolute Gasteiger partial charge is 0.376 e. The molecule has 1 N–H and O–H groups in total. The number of hydrogen-bond acceptors (Lipinski definition) is 2. The summed E-state index contributed by atoms with van der Waals surface area (Å²) in [5, 5.41) is 11.4. The first-order valence-electron chi connectivity index (χ1n) is 5.93. The lowest BCUT2D eigenvalue weighted by atomic mass is 10.1. The Morgan fingerprint density at radius 3 is 2.50 bits per heavy atom. The number of nitrogens with one attached hydrogen (secondary N) is 1. The first kappa shape index (κ1) is 13.9. The van der Waals surface area contributed by atoms with E-state index < -0.39 is 23.5 Å². The van der Waals surface area contributed by atoms with E-state index >= 15 is 0 Å². The third-order valence-corrected chi connectivity index (χ3v) is 2.92. The molecule has 1 unspecified atom stereocenters. The monoisotopic (exact) mass is 276 g/mol. The summed E-state index contributed by atoms with van der Waals surface area (Å²) in [6, 6.07) is 9.47. The summed E-state index contributed by atoms with van der Waals surface area (Å²) < 4.78 is 40.3. The van der Waals surface area contributed by atoms with Gasteiger partial charge in [0.1, 0.15) is 11.9 Å². The van der Waals surface area contributed by atoms with Gasteiger partial charge in [-0.15, -0.1) is 0 Å². The minimum atomic E-state index is -1.19. The molecule has 0 saturated heterocycles. The summed E-state index contributed by atoms with van der Waals surface area (Å²) in [5.74, 6) is -2.71. The van der Waals surface area contributed by atoms with Crippen molar-refractivity contribution in [3.8, 4) is 6.07 Å². The van der Waals surface area contributed by atoms with Crippen LogP contribution in [0.5, 0.6) is 0 Å². The third kappa shape index (κ3) is 2.75. The van der Waals surface area contributed by atoms with Gasteiger partial charge in [-0.1, -0.05) is 12.1 Å². The van der Waals surface area contributed by atoms with E-state index in [1.165, 1.54) is 24.3 Å². The highest BCUT2D eigenvalue weighted by Gasteiger charge is 2.15. The fraction of sp³-hybridized carbons (Fsp3) is 0.133. The van der Waals surface area contributed by atoms with Crippen LogP contribution < -0.4 is 5.32 Å². The number of halogens is 3. The van der Waals surface area contributed by atoms with Crippen molar-refractivity contribution in [3.05, 3.63) is 65.0 Å². The Morgan fingerprint density at radius 2 is 1.85 bits per heavy atom. The average molecular weight is 276 g/mol. The Bertz CT molecular complexity index is 677. The van der Waals surface area contributed by atoms with Gasteiger partial charge in [-0.3, -0.25) is 0 Å². The molecule has 0 aliphatic heterocycles. The van der Waals surface area contributed by atoms with Crippen LogP contribution in [0.15, 0.2) is 36.4 Å². The van der Waals surface area contributed by atoms with Crippen molar-refractivity contribution >= 4 is 5.69 Å². The van der Waals surface area contributed by atoms with Gasteiger partial charge in [-0.25, -0.2) is 13.2 Å². The molecule has 0 aliphatic rings. The first-order chi connectivity index (χ1) is 9.52. The molecule has 20 heavy (non-hydrogen) atoms. The second kappa shape index (κ2) is 5.66. The van der Waals surface area contributed by atoms with Crippen molar-refractivity contribution in [3.63, 3.8) is 0 Å². The summed E-state index contributed by atoms with van der Waals surface area (Å²) in [5.41, 5.74) is 0.180.